The molecule has 0 saturated carbocycles. The monoisotopic (exact) mass is 499 g/mol. The van der Waals surface area contributed by atoms with E-state index >= 15 is 0 Å². The first kappa shape index (κ1) is 24.0. The minimum absolute atomic E-state index is 0.0102. The number of carbonyl (C=O) groups is 2. The van der Waals surface area contributed by atoms with Gasteiger partial charge in [-0.25, -0.2) is 4.79 Å². The third-order valence-corrected chi connectivity index (χ3v) is 4.86. The van der Waals surface area contributed by atoms with Crippen LogP contribution in [0.3, 0.4) is 0 Å². The summed E-state index contributed by atoms with van der Waals surface area (Å²) in [5.41, 5.74) is 0.229. The summed E-state index contributed by atoms with van der Waals surface area (Å²) in [7, 11) is 0. The summed E-state index contributed by atoms with van der Waals surface area (Å²) < 4.78 is 17.9. The Bertz CT molecular complexity index is 1120. The lowest BCUT2D eigenvalue weighted by molar-refractivity contribution is 0.0371. The summed E-state index contributed by atoms with van der Waals surface area (Å²) in [6.07, 6.45) is 1.22. The zero-order valence-corrected chi connectivity index (χ0v) is 19.7. The van der Waals surface area contributed by atoms with Crippen LogP contribution < -0.4 is 10.1 Å². The Morgan fingerprint density at radius 2 is 1.88 bits per heavy atom. The number of hydrogen-bond donors (Lipinski definition) is 1. The van der Waals surface area contributed by atoms with Crippen LogP contribution >= 0.6 is 34.8 Å². The average molecular weight is 501 g/mol. The minimum atomic E-state index is -0.632. The maximum Gasteiger partial charge on any atom is 0.361 e. The Kier molecular flexibility index (Phi) is 7.71. The smallest absolute Gasteiger partial charge is 0.361 e. The van der Waals surface area contributed by atoms with Gasteiger partial charge >= 0.3 is 5.97 Å². The number of anilines is 1. The van der Waals surface area contributed by atoms with Crippen molar-refractivity contribution in [3.05, 3.63) is 62.7 Å². The van der Waals surface area contributed by atoms with E-state index < -0.39 is 11.9 Å². The number of carbonyl (C=O) groups excluding carboxylic acids is 2. The molecule has 11 heteroatoms. The molecule has 0 spiro atoms. The predicted octanol–water partition coefficient (Wildman–Crippen LogP) is 5.85. The number of halogens is 3. The number of ether oxygens (including phenoxy) is 2. The van der Waals surface area contributed by atoms with Gasteiger partial charge in [0.05, 0.1) is 21.8 Å². The van der Waals surface area contributed by atoms with Crippen molar-refractivity contribution in [2.75, 3.05) is 5.32 Å². The van der Waals surface area contributed by atoms with Crippen LogP contribution in [0.25, 0.3) is 0 Å². The molecular formula is C21H20Cl3N3O5. The second kappa shape index (κ2) is 10.3. The van der Waals surface area contributed by atoms with E-state index in [2.05, 4.69) is 10.4 Å². The van der Waals surface area contributed by atoms with Crippen LogP contribution in [0.4, 0.5) is 5.69 Å². The van der Waals surface area contributed by atoms with Gasteiger partial charge in [-0.1, -0.05) is 34.8 Å². The molecule has 1 N–H and O–H groups in total. The van der Waals surface area contributed by atoms with E-state index in [-0.39, 0.29) is 45.6 Å². The molecule has 0 bridgehead atoms. The van der Waals surface area contributed by atoms with Crippen LogP contribution in [0, 0.1) is 0 Å². The van der Waals surface area contributed by atoms with Gasteiger partial charge in [-0.2, -0.15) is 5.10 Å². The van der Waals surface area contributed by atoms with Crippen LogP contribution in [-0.4, -0.2) is 27.8 Å². The first-order chi connectivity index (χ1) is 15.2. The summed E-state index contributed by atoms with van der Waals surface area (Å²) >= 11 is 18.1. The number of aromatic nitrogens is 2. The molecule has 8 nitrogen and oxygen atoms in total. The maximum atomic E-state index is 12.7. The fourth-order valence-electron chi connectivity index (χ4n) is 2.67. The van der Waals surface area contributed by atoms with E-state index in [1.54, 1.807) is 26.1 Å². The number of nitrogens with one attached hydrogen (secondary N) is 1. The second-order valence-electron chi connectivity index (χ2n) is 6.91. The number of amides is 1. The molecule has 0 aliphatic heterocycles. The normalized spacial score (nSPS) is 11.0. The molecule has 0 saturated heterocycles. The molecule has 32 heavy (non-hydrogen) atoms. The van der Waals surface area contributed by atoms with E-state index in [0.29, 0.717) is 17.3 Å². The van der Waals surface area contributed by atoms with Gasteiger partial charge in [0.2, 0.25) is 0 Å². The third kappa shape index (κ3) is 5.76. The lowest BCUT2D eigenvalue weighted by Gasteiger charge is -2.09. The molecular weight excluding hydrogens is 481 g/mol. The van der Waals surface area contributed by atoms with Crippen LogP contribution in [0.1, 0.15) is 47.6 Å². The summed E-state index contributed by atoms with van der Waals surface area (Å²) in [5.74, 6) is -0.563. The van der Waals surface area contributed by atoms with Gasteiger partial charge in [0, 0.05) is 17.8 Å². The molecule has 2 heterocycles. The van der Waals surface area contributed by atoms with Gasteiger partial charge in [-0.3, -0.25) is 9.48 Å². The van der Waals surface area contributed by atoms with Crippen molar-refractivity contribution in [2.45, 2.75) is 40.0 Å². The highest BCUT2D eigenvalue weighted by molar-refractivity contribution is 6.40. The van der Waals surface area contributed by atoms with E-state index in [1.165, 1.54) is 22.9 Å². The van der Waals surface area contributed by atoms with Crippen LogP contribution in [0.5, 0.6) is 5.75 Å². The molecule has 0 radical (unpaired) electrons. The maximum absolute atomic E-state index is 12.7. The summed E-state index contributed by atoms with van der Waals surface area (Å²) in [5, 5.41) is 7.68. The number of furan rings is 1. The van der Waals surface area contributed by atoms with Crippen LogP contribution in [0.15, 0.2) is 34.9 Å². The van der Waals surface area contributed by atoms with Gasteiger partial charge in [-0.05, 0) is 45.0 Å². The minimum Gasteiger partial charge on any atom is -0.483 e. The third-order valence-electron chi connectivity index (χ3n) is 4.08. The predicted molar refractivity (Wildman–Crippen MR) is 121 cm³/mol. The van der Waals surface area contributed by atoms with Gasteiger partial charge < -0.3 is 19.2 Å². The fourth-order valence-corrected chi connectivity index (χ4v) is 3.59. The number of nitrogens with zero attached hydrogens (tertiary/aromatic N) is 2. The molecule has 3 rings (SSSR count). The summed E-state index contributed by atoms with van der Waals surface area (Å²) in [4.78, 5) is 25.0. The SMILES string of the molecule is CCn1cc(NC(=O)c2ccc(COc3c(Cl)cc(Cl)cc3Cl)o2)c(C(=O)OC(C)C)n1. The lowest BCUT2D eigenvalue weighted by atomic mass is 10.3. The van der Waals surface area contributed by atoms with E-state index in [9.17, 15) is 9.59 Å². The molecule has 0 aliphatic rings. The molecule has 0 atom stereocenters. The highest BCUT2D eigenvalue weighted by Crippen LogP contribution is 2.36. The fraction of sp³-hybridized carbons (Fsp3) is 0.286. The molecule has 3 aromatic rings. The second-order valence-corrected chi connectivity index (χ2v) is 8.16. The topological polar surface area (TPSA) is 95.6 Å². The Labute approximate surface area is 199 Å². The van der Waals surface area contributed by atoms with Crippen molar-refractivity contribution in [1.29, 1.82) is 0 Å². The van der Waals surface area contributed by atoms with E-state index in [0.717, 1.165) is 0 Å². The molecule has 2 aromatic heterocycles. The highest BCUT2D eigenvalue weighted by Gasteiger charge is 2.22. The first-order valence-corrected chi connectivity index (χ1v) is 10.8. The van der Waals surface area contributed by atoms with Gasteiger partial charge in [-0.15, -0.1) is 0 Å². The highest BCUT2D eigenvalue weighted by atomic mass is 35.5. The van der Waals surface area contributed by atoms with Gasteiger partial charge in [0.25, 0.3) is 5.91 Å². The summed E-state index contributed by atoms with van der Waals surface area (Å²) in [6, 6.07) is 6.07. The standard InChI is InChI=1S/C21H20Cl3N3O5/c1-4-27-9-16(18(26-27)21(29)31-11(2)3)25-20(28)17-6-5-13(32-17)10-30-19-14(23)7-12(22)8-15(19)24/h5-9,11H,4,10H2,1-3H3,(H,25,28). The lowest BCUT2D eigenvalue weighted by Crippen LogP contribution is -2.17. The largest absolute Gasteiger partial charge is 0.483 e. The Balaban J connectivity index is 1.70. The Hall–Kier alpha value is -2.68. The Morgan fingerprint density at radius 1 is 1.19 bits per heavy atom. The van der Waals surface area contributed by atoms with Gasteiger partial charge in [0.15, 0.2) is 17.2 Å². The molecule has 0 fully saturated rings. The van der Waals surface area contributed by atoms with Crippen LogP contribution in [0.2, 0.25) is 15.1 Å². The van der Waals surface area contributed by atoms with Crippen molar-refractivity contribution in [3.63, 3.8) is 0 Å². The quantitative estimate of drug-likeness (QED) is 0.390. The zero-order valence-electron chi connectivity index (χ0n) is 17.4. The van der Waals surface area contributed by atoms with Crippen molar-refractivity contribution < 1.29 is 23.5 Å². The van der Waals surface area contributed by atoms with E-state index in [4.69, 9.17) is 48.7 Å². The average Bonchev–Trinajstić information content (AvgIpc) is 3.33. The molecule has 170 valence electrons. The molecule has 0 aliphatic carbocycles. The summed E-state index contributed by atoms with van der Waals surface area (Å²) in [6.45, 7) is 5.80. The number of hydrogen-bond acceptors (Lipinski definition) is 6. The van der Waals surface area contributed by atoms with Crippen LogP contribution in [-0.2, 0) is 17.9 Å². The Morgan fingerprint density at radius 3 is 2.50 bits per heavy atom. The van der Waals surface area contributed by atoms with Gasteiger partial charge in [0.1, 0.15) is 12.4 Å². The first-order valence-electron chi connectivity index (χ1n) is 9.63. The zero-order chi connectivity index (χ0) is 23.4. The van der Waals surface area contributed by atoms with E-state index in [1.807, 2.05) is 6.92 Å². The number of rotatable bonds is 8. The van der Waals surface area contributed by atoms with Crippen molar-refractivity contribution in [2.24, 2.45) is 0 Å². The number of aryl methyl sites for hydroxylation is 1. The molecule has 1 amide bonds. The van der Waals surface area contributed by atoms with Crippen molar-refractivity contribution >= 4 is 52.4 Å². The van der Waals surface area contributed by atoms with Crippen molar-refractivity contribution in [1.82, 2.24) is 9.78 Å². The molecule has 1 aromatic carbocycles. The van der Waals surface area contributed by atoms with Crippen molar-refractivity contribution in [3.8, 4) is 5.75 Å². The number of esters is 1. The molecule has 0 unspecified atom stereocenters. The number of benzene rings is 1.